The number of hydrogen-bond acceptors (Lipinski definition) is 2. The van der Waals surface area contributed by atoms with Gasteiger partial charge in [0.05, 0.1) is 6.61 Å². The van der Waals surface area contributed by atoms with E-state index in [1.165, 1.54) is 13.0 Å². The quantitative estimate of drug-likeness (QED) is 0.588. The summed E-state index contributed by atoms with van der Waals surface area (Å²) >= 11 is 5.88. The molecule has 0 N–H and O–H groups in total. The molecule has 0 saturated carbocycles. The Balaban J connectivity index is 1.64. The first-order valence-corrected chi connectivity index (χ1v) is 6.48. The first-order valence-electron chi connectivity index (χ1n) is 6.10. The van der Waals surface area contributed by atoms with Crippen molar-refractivity contribution < 1.29 is 4.74 Å². The van der Waals surface area contributed by atoms with Gasteiger partial charge in [-0.3, -0.25) is 4.90 Å². The summed E-state index contributed by atoms with van der Waals surface area (Å²) in [4.78, 5) is 2.45. The van der Waals surface area contributed by atoms with Gasteiger partial charge in [0.2, 0.25) is 0 Å². The van der Waals surface area contributed by atoms with Crippen molar-refractivity contribution in [2.45, 2.75) is 12.8 Å². The van der Waals surface area contributed by atoms with E-state index < -0.39 is 0 Å². The predicted octanol–water partition coefficient (Wildman–Crippen LogP) is 3.37. The monoisotopic (exact) mass is 251 g/mol. The number of ether oxygens (including phenoxy) is 1. The molecule has 0 radical (unpaired) electrons. The third kappa shape index (κ3) is 4.41. The average Bonchev–Trinajstić information content (AvgIpc) is 2.36. The molecule has 0 amide bonds. The van der Waals surface area contributed by atoms with Crippen LogP contribution < -0.4 is 4.74 Å². The van der Waals surface area contributed by atoms with E-state index in [1.807, 2.05) is 24.3 Å². The summed E-state index contributed by atoms with van der Waals surface area (Å²) in [5.41, 5.74) is 0. The van der Waals surface area contributed by atoms with Crippen LogP contribution in [0.3, 0.4) is 0 Å². The van der Waals surface area contributed by atoms with Crippen LogP contribution in [0.5, 0.6) is 5.75 Å². The van der Waals surface area contributed by atoms with Crippen LogP contribution in [0.1, 0.15) is 12.8 Å². The highest BCUT2D eigenvalue weighted by Crippen LogP contribution is 2.17. The second-order valence-corrected chi connectivity index (χ2v) is 4.66. The summed E-state index contributed by atoms with van der Waals surface area (Å²) < 4.78 is 5.65. The maximum absolute atomic E-state index is 5.88. The van der Waals surface area contributed by atoms with Crippen molar-refractivity contribution in [2.24, 2.45) is 0 Å². The number of benzene rings is 1. The van der Waals surface area contributed by atoms with Crippen LogP contribution in [0.2, 0.25) is 5.02 Å². The Hall–Kier alpha value is -0.990. The van der Waals surface area contributed by atoms with Crippen molar-refractivity contribution in [3.63, 3.8) is 0 Å². The lowest BCUT2D eigenvalue weighted by Crippen LogP contribution is -2.29. The van der Waals surface area contributed by atoms with E-state index in [-0.39, 0.29) is 0 Å². The molecule has 0 spiro atoms. The lowest BCUT2D eigenvalue weighted by atomic mass is 10.2. The largest absolute Gasteiger partial charge is 0.493 e. The zero-order chi connectivity index (χ0) is 11.9. The molecule has 1 heterocycles. The molecule has 17 heavy (non-hydrogen) atoms. The zero-order valence-electron chi connectivity index (χ0n) is 9.94. The van der Waals surface area contributed by atoms with Crippen LogP contribution in [0.25, 0.3) is 0 Å². The minimum atomic E-state index is 0.726. The normalized spacial score (nSPS) is 16.1. The molecule has 0 atom stereocenters. The molecule has 0 saturated heterocycles. The molecule has 2 nitrogen and oxygen atoms in total. The molecule has 1 aliphatic rings. The van der Waals surface area contributed by atoms with Crippen molar-refractivity contribution in [1.29, 1.82) is 0 Å². The molecule has 0 aliphatic carbocycles. The number of halogens is 1. The summed E-state index contributed by atoms with van der Waals surface area (Å²) in [7, 11) is 0. The smallest absolute Gasteiger partial charge is 0.120 e. The van der Waals surface area contributed by atoms with Gasteiger partial charge in [-0.25, -0.2) is 0 Å². The highest BCUT2D eigenvalue weighted by atomic mass is 35.5. The Labute approximate surface area is 108 Å². The first-order chi connectivity index (χ1) is 8.34. The number of rotatable bonds is 5. The van der Waals surface area contributed by atoms with Crippen molar-refractivity contribution in [3.8, 4) is 5.75 Å². The Morgan fingerprint density at radius 3 is 3.00 bits per heavy atom. The lowest BCUT2D eigenvalue weighted by molar-refractivity contribution is 0.247. The number of nitrogens with zero attached hydrogens (tertiary/aromatic N) is 1. The van der Waals surface area contributed by atoms with Gasteiger partial charge in [0.25, 0.3) is 0 Å². The van der Waals surface area contributed by atoms with Crippen LogP contribution in [0.4, 0.5) is 0 Å². The van der Waals surface area contributed by atoms with Crippen LogP contribution in [0, 0.1) is 0 Å². The van der Waals surface area contributed by atoms with E-state index in [4.69, 9.17) is 16.3 Å². The van der Waals surface area contributed by atoms with Crippen molar-refractivity contribution in [3.05, 3.63) is 41.4 Å². The van der Waals surface area contributed by atoms with Gasteiger partial charge in [-0.1, -0.05) is 29.8 Å². The van der Waals surface area contributed by atoms with E-state index in [9.17, 15) is 0 Å². The summed E-state index contributed by atoms with van der Waals surface area (Å²) in [6.07, 6.45) is 6.72. The highest BCUT2D eigenvalue weighted by molar-refractivity contribution is 6.30. The lowest BCUT2D eigenvalue weighted by Gasteiger charge is -2.22. The highest BCUT2D eigenvalue weighted by Gasteiger charge is 2.05. The van der Waals surface area contributed by atoms with Crippen molar-refractivity contribution in [2.75, 3.05) is 26.2 Å². The third-order valence-electron chi connectivity index (χ3n) is 2.83. The zero-order valence-corrected chi connectivity index (χ0v) is 10.7. The fraction of sp³-hybridized carbons (Fsp3) is 0.429. The molecule has 0 bridgehead atoms. The molecular weight excluding hydrogens is 234 g/mol. The number of hydrogen-bond donors (Lipinski definition) is 0. The van der Waals surface area contributed by atoms with Crippen LogP contribution >= 0.6 is 11.6 Å². The summed E-state index contributed by atoms with van der Waals surface area (Å²) in [6, 6.07) is 7.56. The van der Waals surface area contributed by atoms with Crippen molar-refractivity contribution >= 4 is 11.6 Å². The molecule has 0 aromatic heterocycles. The first kappa shape index (κ1) is 12.5. The van der Waals surface area contributed by atoms with Crippen LogP contribution in [0.15, 0.2) is 36.4 Å². The van der Waals surface area contributed by atoms with Gasteiger partial charge < -0.3 is 4.74 Å². The Kier molecular flexibility index (Phi) is 4.89. The summed E-state index contributed by atoms with van der Waals surface area (Å²) in [5.74, 6) is 0.857. The molecule has 1 aromatic carbocycles. The molecule has 1 aliphatic heterocycles. The molecule has 2 rings (SSSR count). The SMILES string of the molecule is Clc1cccc(OCCCN2CC=CCC2)c1. The van der Waals surface area contributed by atoms with Crippen LogP contribution in [-0.4, -0.2) is 31.1 Å². The second-order valence-electron chi connectivity index (χ2n) is 4.22. The Morgan fingerprint density at radius 2 is 2.24 bits per heavy atom. The Bertz CT molecular complexity index is 378. The summed E-state index contributed by atoms with van der Waals surface area (Å²) in [5, 5.41) is 0.726. The van der Waals surface area contributed by atoms with Gasteiger partial charge in [0.1, 0.15) is 5.75 Å². The Morgan fingerprint density at radius 1 is 1.29 bits per heavy atom. The van der Waals surface area contributed by atoms with E-state index in [0.29, 0.717) is 0 Å². The minimum Gasteiger partial charge on any atom is -0.493 e. The van der Waals surface area contributed by atoms with E-state index in [1.54, 1.807) is 0 Å². The predicted molar refractivity (Wildman–Crippen MR) is 71.8 cm³/mol. The maximum atomic E-state index is 5.88. The molecule has 0 fully saturated rings. The average molecular weight is 252 g/mol. The van der Waals surface area contributed by atoms with Crippen molar-refractivity contribution in [1.82, 2.24) is 4.90 Å². The third-order valence-corrected chi connectivity index (χ3v) is 3.06. The van der Waals surface area contributed by atoms with Gasteiger partial charge in [-0.15, -0.1) is 0 Å². The second kappa shape index (κ2) is 6.67. The fourth-order valence-corrected chi connectivity index (χ4v) is 2.11. The molecular formula is C14H18ClNO. The minimum absolute atomic E-state index is 0.726. The standard InChI is InChI=1S/C14H18ClNO/c15-13-6-4-7-14(12-13)17-11-5-10-16-8-2-1-3-9-16/h1-2,4,6-7,12H,3,5,8-11H2. The van der Waals surface area contributed by atoms with Gasteiger partial charge in [-0.2, -0.15) is 0 Å². The maximum Gasteiger partial charge on any atom is 0.120 e. The van der Waals surface area contributed by atoms with Gasteiger partial charge >= 0.3 is 0 Å². The van der Waals surface area contributed by atoms with E-state index >= 15 is 0 Å². The molecule has 92 valence electrons. The van der Waals surface area contributed by atoms with E-state index in [0.717, 1.165) is 36.9 Å². The van der Waals surface area contributed by atoms with Crippen LogP contribution in [-0.2, 0) is 0 Å². The molecule has 1 aromatic rings. The van der Waals surface area contributed by atoms with E-state index in [2.05, 4.69) is 17.1 Å². The molecule has 0 unspecified atom stereocenters. The fourth-order valence-electron chi connectivity index (χ4n) is 1.93. The van der Waals surface area contributed by atoms with Gasteiger partial charge in [-0.05, 0) is 31.0 Å². The van der Waals surface area contributed by atoms with Gasteiger partial charge in [0, 0.05) is 24.7 Å². The topological polar surface area (TPSA) is 12.5 Å². The van der Waals surface area contributed by atoms with Gasteiger partial charge in [0.15, 0.2) is 0 Å². The summed E-state index contributed by atoms with van der Waals surface area (Å²) in [6.45, 7) is 4.11. The molecule has 3 heteroatoms.